The molecule has 10 heteroatoms. The van der Waals surface area contributed by atoms with Crippen LogP contribution in [0.1, 0.15) is 68.6 Å². The molecule has 4 rings (SSSR count). The van der Waals surface area contributed by atoms with E-state index in [1.54, 1.807) is 19.1 Å². The summed E-state index contributed by atoms with van der Waals surface area (Å²) in [5.74, 6) is -2.09. The number of rotatable bonds is 8. The highest BCUT2D eigenvalue weighted by Crippen LogP contribution is 2.44. The van der Waals surface area contributed by atoms with Gasteiger partial charge in [0.1, 0.15) is 0 Å². The van der Waals surface area contributed by atoms with Gasteiger partial charge in [0.25, 0.3) is 0 Å². The van der Waals surface area contributed by atoms with E-state index < -0.39 is 15.8 Å². The standard InChI is InChI=1S/C25H33F2N3O3S2/c1-4-35(32,33)19-7-5-17(6-8-19)13-21(31)28-24-29-22-20(34-24)15-30(23(22)16(2)3)14-18-9-11-25(26,27)12-10-18/h5-8,16,18,23H,4,9-15H2,1-3H3,(H,28,29,31)/t23-/m0/s1. The minimum Gasteiger partial charge on any atom is -0.302 e. The third-order valence-electron chi connectivity index (χ3n) is 6.98. The van der Waals surface area contributed by atoms with Crippen LogP contribution in [0.4, 0.5) is 13.9 Å². The lowest BCUT2D eigenvalue weighted by atomic mass is 9.86. The monoisotopic (exact) mass is 525 g/mol. The number of halogens is 2. The molecule has 6 nitrogen and oxygen atoms in total. The van der Waals surface area contributed by atoms with Gasteiger partial charge in [-0.15, -0.1) is 11.3 Å². The van der Waals surface area contributed by atoms with Crippen LogP contribution in [-0.2, 0) is 27.6 Å². The van der Waals surface area contributed by atoms with E-state index in [2.05, 4.69) is 24.1 Å². The molecule has 1 atom stereocenters. The predicted molar refractivity (Wildman–Crippen MR) is 134 cm³/mol. The van der Waals surface area contributed by atoms with Crippen molar-refractivity contribution in [2.45, 2.75) is 76.3 Å². The summed E-state index contributed by atoms with van der Waals surface area (Å²) in [6, 6.07) is 6.51. The van der Waals surface area contributed by atoms with Gasteiger partial charge in [-0.25, -0.2) is 22.2 Å². The van der Waals surface area contributed by atoms with Crippen molar-refractivity contribution in [3.8, 4) is 0 Å². The Hall–Kier alpha value is -1.91. The lowest BCUT2D eigenvalue weighted by Crippen LogP contribution is -2.35. The van der Waals surface area contributed by atoms with Gasteiger partial charge in [-0.05, 0) is 42.4 Å². The summed E-state index contributed by atoms with van der Waals surface area (Å²) in [5.41, 5.74) is 1.71. The number of alkyl halides is 2. The zero-order valence-electron chi connectivity index (χ0n) is 20.4. The Bertz CT molecular complexity index is 1150. The van der Waals surface area contributed by atoms with Gasteiger partial charge in [-0.2, -0.15) is 0 Å². The third kappa shape index (κ3) is 6.09. The first-order valence-corrected chi connectivity index (χ1v) is 14.7. The number of benzene rings is 1. The highest BCUT2D eigenvalue weighted by molar-refractivity contribution is 7.91. The van der Waals surface area contributed by atoms with Crippen molar-refractivity contribution in [2.75, 3.05) is 17.6 Å². The van der Waals surface area contributed by atoms with Crippen molar-refractivity contribution in [1.29, 1.82) is 0 Å². The highest BCUT2D eigenvalue weighted by atomic mass is 32.2. The largest absolute Gasteiger partial charge is 0.302 e. The van der Waals surface area contributed by atoms with Gasteiger partial charge in [0.05, 0.1) is 28.8 Å². The topological polar surface area (TPSA) is 79.4 Å². The molecule has 1 aromatic heterocycles. The van der Waals surface area contributed by atoms with E-state index in [-0.39, 0.29) is 47.8 Å². The molecule has 1 amide bonds. The molecular weight excluding hydrogens is 492 g/mol. The Labute approximate surface area is 210 Å². The summed E-state index contributed by atoms with van der Waals surface area (Å²) >= 11 is 1.47. The maximum Gasteiger partial charge on any atom is 0.248 e. The average Bonchev–Trinajstić information content (AvgIpc) is 3.31. The summed E-state index contributed by atoms with van der Waals surface area (Å²) in [5, 5.41) is 3.45. The molecule has 2 heterocycles. The number of sulfone groups is 1. The molecule has 0 bridgehead atoms. The first-order chi connectivity index (χ1) is 16.5. The number of hydrogen-bond acceptors (Lipinski definition) is 6. The number of carbonyl (C=O) groups is 1. The number of nitrogens with one attached hydrogen (secondary N) is 1. The Kier molecular flexibility index (Phi) is 7.64. The quantitative estimate of drug-likeness (QED) is 0.495. The number of anilines is 1. The van der Waals surface area contributed by atoms with Crippen LogP contribution < -0.4 is 5.32 Å². The summed E-state index contributed by atoms with van der Waals surface area (Å²) in [7, 11) is -3.27. The molecule has 1 N–H and O–H groups in total. The van der Waals surface area contributed by atoms with Crippen molar-refractivity contribution in [2.24, 2.45) is 11.8 Å². The zero-order valence-corrected chi connectivity index (χ0v) is 22.0. The van der Waals surface area contributed by atoms with E-state index in [0.29, 0.717) is 23.9 Å². The van der Waals surface area contributed by atoms with Gasteiger partial charge >= 0.3 is 0 Å². The second-order valence-corrected chi connectivity index (χ2v) is 13.4. The summed E-state index contributed by atoms with van der Waals surface area (Å²) in [6.07, 6.45) is 1.20. The molecule has 1 saturated carbocycles. The van der Waals surface area contributed by atoms with E-state index in [4.69, 9.17) is 4.98 Å². The fraction of sp³-hybridized carbons (Fsp3) is 0.600. The smallest absolute Gasteiger partial charge is 0.248 e. The third-order valence-corrected chi connectivity index (χ3v) is 9.70. The number of amides is 1. The molecule has 0 radical (unpaired) electrons. The molecule has 2 aromatic rings. The Morgan fingerprint density at radius 1 is 1.23 bits per heavy atom. The van der Waals surface area contributed by atoms with E-state index in [1.807, 2.05) is 0 Å². The first-order valence-electron chi connectivity index (χ1n) is 12.2. The highest BCUT2D eigenvalue weighted by Gasteiger charge is 2.40. The number of hydrogen-bond donors (Lipinski definition) is 1. The Morgan fingerprint density at radius 2 is 1.89 bits per heavy atom. The fourth-order valence-electron chi connectivity index (χ4n) is 5.08. The van der Waals surface area contributed by atoms with Crippen LogP contribution in [0.5, 0.6) is 0 Å². The Balaban J connectivity index is 1.37. The number of aromatic nitrogens is 1. The summed E-state index contributed by atoms with van der Waals surface area (Å²) < 4.78 is 51.0. The minimum absolute atomic E-state index is 0.0226. The van der Waals surface area contributed by atoms with Gasteiger partial charge in [-0.3, -0.25) is 9.69 Å². The minimum atomic E-state index is -3.27. The predicted octanol–water partition coefficient (Wildman–Crippen LogP) is 5.46. The van der Waals surface area contributed by atoms with Crippen molar-refractivity contribution < 1.29 is 22.0 Å². The van der Waals surface area contributed by atoms with Crippen LogP contribution >= 0.6 is 11.3 Å². The molecule has 0 unspecified atom stereocenters. The maximum atomic E-state index is 13.5. The second-order valence-electron chi connectivity index (χ2n) is 10.0. The number of fused-ring (bicyclic) bond motifs is 1. The molecule has 0 saturated heterocycles. The normalized spacial score (nSPS) is 20.8. The van der Waals surface area contributed by atoms with E-state index in [9.17, 15) is 22.0 Å². The molecule has 1 aromatic carbocycles. The van der Waals surface area contributed by atoms with Crippen LogP contribution in [0.15, 0.2) is 29.2 Å². The molecule has 1 fully saturated rings. The number of carbonyl (C=O) groups excluding carboxylic acids is 1. The lowest BCUT2D eigenvalue weighted by molar-refractivity contribution is -0.115. The maximum absolute atomic E-state index is 13.5. The van der Waals surface area contributed by atoms with Crippen molar-refractivity contribution in [3.63, 3.8) is 0 Å². The van der Waals surface area contributed by atoms with Crippen LogP contribution in [-0.4, -0.2) is 42.4 Å². The van der Waals surface area contributed by atoms with Gasteiger partial charge < -0.3 is 5.32 Å². The van der Waals surface area contributed by atoms with Crippen LogP contribution in [0.3, 0.4) is 0 Å². The van der Waals surface area contributed by atoms with Crippen LogP contribution in [0.25, 0.3) is 0 Å². The van der Waals surface area contributed by atoms with E-state index in [0.717, 1.165) is 29.2 Å². The van der Waals surface area contributed by atoms with Gasteiger partial charge in [0.2, 0.25) is 11.8 Å². The molecule has 1 aliphatic carbocycles. The molecule has 35 heavy (non-hydrogen) atoms. The van der Waals surface area contributed by atoms with E-state index in [1.165, 1.54) is 23.5 Å². The summed E-state index contributed by atoms with van der Waals surface area (Å²) in [4.78, 5) is 21.1. The van der Waals surface area contributed by atoms with Gasteiger partial charge in [0, 0.05) is 30.8 Å². The fourth-order valence-corrected chi connectivity index (χ4v) is 7.00. The molecule has 1 aliphatic heterocycles. The molecule has 0 spiro atoms. The van der Waals surface area contributed by atoms with Gasteiger partial charge in [0.15, 0.2) is 15.0 Å². The summed E-state index contributed by atoms with van der Waals surface area (Å²) in [6.45, 7) is 7.41. The van der Waals surface area contributed by atoms with Crippen molar-refractivity contribution in [3.05, 3.63) is 40.4 Å². The second kappa shape index (κ2) is 10.2. The SMILES string of the molecule is CCS(=O)(=O)c1ccc(CC(=O)Nc2nc3c(s2)CN(CC2CCC(F)(F)CC2)[C@H]3C(C)C)cc1. The molecular formula is C25H33F2N3O3S2. The molecule has 2 aliphatic rings. The van der Waals surface area contributed by atoms with Crippen LogP contribution in [0, 0.1) is 11.8 Å². The van der Waals surface area contributed by atoms with Crippen molar-refractivity contribution in [1.82, 2.24) is 9.88 Å². The number of thiazole rings is 1. The first kappa shape index (κ1) is 26.2. The lowest BCUT2D eigenvalue weighted by Gasteiger charge is -2.34. The zero-order chi connectivity index (χ0) is 25.4. The van der Waals surface area contributed by atoms with E-state index >= 15 is 0 Å². The Morgan fingerprint density at radius 3 is 2.49 bits per heavy atom. The van der Waals surface area contributed by atoms with Crippen molar-refractivity contribution >= 4 is 32.2 Å². The number of nitrogens with zero attached hydrogens (tertiary/aromatic N) is 2. The van der Waals surface area contributed by atoms with Gasteiger partial charge in [-0.1, -0.05) is 32.9 Å². The molecule has 192 valence electrons. The van der Waals surface area contributed by atoms with Crippen LogP contribution in [0.2, 0.25) is 0 Å². The average molecular weight is 526 g/mol.